The fourth-order valence-electron chi connectivity index (χ4n) is 1.98. The van der Waals surface area contributed by atoms with E-state index >= 15 is 0 Å². The third-order valence-electron chi connectivity index (χ3n) is 3.05. The summed E-state index contributed by atoms with van der Waals surface area (Å²) in [7, 11) is 0. The summed E-state index contributed by atoms with van der Waals surface area (Å²) in [6.07, 6.45) is -0.226. The number of benzene rings is 2. The van der Waals surface area contributed by atoms with E-state index in [1.54, 1.807) is 12.1 Å². The third kappa shape index (κ3) is 3.12. The molecule has 2 N–H and O–H groups in total. The van der Waals surface area contributed by atoms with Crippen LogP contribution in [-0.4, -0.2) is 0 Å². The second-order valence-corrected chi connectivity index (χ2v) is 4.62. The molecule has 2 rings (SSSR count). The van der Waals surface area contributed by atoms with Gasteiger partial charge in [-0.05, 0) is 25.5 Å². The van der Waals surface area contributed by atoms with Gasteiger partial charge in [0, 0.05) is 11.6 Å². The maximum absolute atomic E-state index is 13.9. The average Bonchev–Trinajstić information content (AvgIpc) is 2.41. The highest BCUT2D eigenvalue weighted by atomic mass is 19.1. The van der Waals surface area contributed by atoms with Crippen LogP contribution in [0.4, 0.5) is 4.39 Å². The van der Waals surface area contributed by atoms with Gasteiger partial charge in [-0.2, -0.15) is 0 Å². The van der Waals surface area contributed by atoms with Crippen molar-refractivity contribution < 1.29 is 9.13 Å². The molecular weight excluding hydrogens is 241 g/mol. The molecule has 2 aromatic rings. The summed E-state index contributed by atoms with van der Waals surface area (Å²) in [4.78, 5) is 0. The van der Waals surface area contributed by atoms with Crippen LogP contribution in [0, 0.1) is 5.82 Å². The second-order valence-electron chi connectivity index (χ2n) is 4.62. The summed E-state index contributed by atoms with van der Waals surface area (Å²) in [6.45, 7) is 3.71. The van der Waals surface area contributed by atoms with Crippen LogP contribution in [0.3, 0.4) is 0 Å². The molecule has 19 heavy (non-hydrogen) atoms. The van der Waals surface area contributed by atoms with Crippen molar-refractivity contribution in [2.24, 2.45) is 5.73 Å². The lowest BCUT2D eigenvalue weighted by atomic mass is 10.1. The summed E-state index contributed by atoms with van der Waals surface area (Å²) in [5.74, 6) is -0.133. The maximum atomic E-state index is 13.9. The van der Waals surface area contributed by atoms with Crippen molar-refractivity contribution in [3.63, 3.8) is 0 Å². The molecule has 0 radical (unpaired) electrons. The van der Waals surface area contributed by atoms with E-state index in [1.807, 2.05) is 44.2 Å². The molecule has 2 atom stereocenters. The Morgan fingerprint density at radius 3 is 2.32 bits per heavy atom. The predicted molar refractivity (Wildman–Crippen MR) is 74.5 cm³/mol. The van der Waals surface area contributed by atoms with Crippen molar-refractivity contribution in [2.45, 2.75) is 26.0 Å². The van der Waals surface area contributed by atoms with E-state index in [4.69, 9.17) is 10.5 Å². The van der Waals surface area contributed by atoms with Crippen LogP contribution in [0.25, 0.3) is 0 Å². The Hall–Kier alpha value is -1.87. The van der Waals surface area contributed by atoms with Gasteiger partial charge in [-0.25, -0.2) is 4.39 Å². The van der Waals surface area contributed by atoms with Crippen molar-refractivity contribution in [1.82, 2.24) is 0 Å². The van der Waals surface area contributed by atoms with Gasteiger partial charge in [0.25, 0.3) is 0 Å². The van der Waals surface area contributed by atoms with E-state index in [9.17, 15) is 4.39 Å². The summed E-state index contributed by atoms with van der Waals surface area (Å²) >= 11 is 0. The van der Waals surface area contributed by atoms with E-state index in [0.717, 1.165) is 5.56 Å². The molecule has 3 heteroatoms. The number of ether oxygens (including phenoxy) is 1. The molecule has 0 aliphatic rings. The van der Waals surface area contributed by atoms with Gasteiger partial charge >= 0.3 is 0 Å². The molecule has 0 heterocycles. The zero-order chi connectivity index (χ0) is 13.8. The molecule has 2 nitrogen and oxygen atoms in total. The highest BCUT2D eigenvalue weighted by Gasteiger charge is 2.16. The summed E-state index contributed by atoms with van der Waals surface area (Å²) in [6, 6.07) is 14.3. The quantitative estimate of drug-likeness (QED) is 0.901. The third-order valence-corrected chi connectivity index (χ3v) is 3.05. The average molecular weight is 259 g/mol. The van der Waals surface area contributed by atoms with E-state index in [1.165, 1.54) is 6.07 Å². The highest BCUT2D eigenvalue weighted by Crippen LogP contribution is 2.31. The lowest BCUT2D eigenvalue weighted by Gasteiger charge is -2.19. The zero-order valence-electron chi connectivity index (χ0n) is 11.1. The topological polar surface area (TPSA) is 35.2 Å². The standard InChI is InChI=1S/C16H18FNO/c1-11(18)14-9-6-10-15(17)16(14)19-12(2)13-7-4-3-5-8-13/h3-12H,18H2,1-2H3. The fraction of sp³-hybridized carbons (Fsp3) is 0.250. The molecule has 100 valence electrons. The first-order valence-corrected chi connectivity index (χ1v) is 6.35. The van der Waals surface area contributed by atoms with E-state index in [2.05, 4.69) is 0 Å². The molecule has 2 unspecified atom stereocenters. The summed E-state index contributed by atoms with van der Waals surface area (Å²) in [5.41, 5.74) is 7.54. The Morgan fingerprint density at radius 2 is 1.68 bits per heavy atom. The Morgan fingerprint density at radius 1 is 1.00 bits per heavy atom. The Bertz CT molecular complexity index is 540. The number of hydrogen-bond acceptors (Lipinski definition) is 2. The van der Waals surface area contributed by atoms with Crippen molar-refractivity contribution in [1.29, 1.82) is 0 Å². The molecule has 0 fully saturated rings. The van der Waals surface area contributed by atoms with Crippen LogP contribution in [0.2, 0.25) is 0 Å². The van der Waals surface area contributed by atoms with E-state index in [-0.39, 0.29) is 23.7 Å². The van der Waals surface area contributed by atoms with Gasteiger partial charge in [-0.3, -0.25) is 0 Å². The fourth-order valence-corrected chi connectivity index (χ4v) is 1.98. The molecule has 0 aliphatic carbocycles. The van der Waals surface area contributed by atoms with Gasteiger partial charge in [0.2, 0.25) is 0 Å². The van der Waals surface area contributed by atoms with Gasteiger partial charge in [-0.1, -0.05) is 42.5 Å². The first-order valence-electron chi connectivity index (χ1n) is 6.35. The van der Waals surface area contributed by atoms with Gasteiger partial charge in [0.1, 0.15) is 6.10 Å². The minimum atomic E-state index is -0.377. The number of halogens is 1. The normalized spacial score (nSPS) is 13.9. The predicted octanol–water partition coefficient (Wildman–Crippen LogP) is 3.99. The van der Waals surface area contributed by atoms with Crippen LogP contribution >= 0.6 is 0 Å². The zero-order valence-corrected chi connectivity index (χ0v) is 11.1. The minimum absolute atomic E-state index is 0.226. The van der Waals surface area contributed by atoms with Crippen molar-refractivity contribution >= 4 is 0 Å². The Kier molecular flexibility index (Phi) is 4.17. The monoisotopic (exact) mass is 259 g/mol. The van der Waals surface area contributed by atoms with E-state index < -0.39 is 0 Å². The largest absolute Gasteiger partial charge is 0.483 e. The summed E-state index contributed by atoms with van der Waals surface area (Å²) < 4.78 is 19.7. The first kappa shape index (κ1) is 13.6. The van der Waals surface area contributed by atoms with Crippen molar-refractivity contribution in [3.8, 4) is 5.75 Å². The number of para-hydroxylation sites is 1. The molecular formula is C16H18FNO. The smallest absolute Gasteiger partial charge is 0.165 e. The minimum Gasteiger partial charge on any atom is -0.483 e. The Balaban J connectivity index is 2.28. The van der Waals surface area contributed by atoms with Crippen molar-refractivity contribution in [3.05, 3.63) is 65.5 Å². The highest BCUT2D eigenvalue weighted by molar-refractivity contribution is 5.37. The van der Waals surface area contributed by atoms with Crippen LogP contribution in [0.15, 0.2) is 48.5 Å². The molecule has 0 aliphatic heterocycles. The molecule has 0 bridgehead atoms. The van der Waals surface area contributed by atoms with Crippen molar-refractivity contribution in [2.75, 3.05) is 0 Å². The molecule has 0 aromatic heterocycles. The lowest BCUT2D eigenvalue weighted by Crippen LogP contribution is -2.11. The van der Waals surface area contributed by atoms with Gasteiger partial charge in [0.15, 0.2) is 11.6 Å². The second kappa shape index (κ2) is 5.85. The Labute approximate surface area is 113 Å². The maximum Gasteiger partial charge on any atom is 0.165 e. The van der Waals surface area contributed by atoms with E-state index in [0.29, 0.717) is 5.56 Å². The van der Waals surface area contributed by atoms with Crippen LogP contribution in [0.5, 0.6) is 5.75 Å². The van der Waals surface area contributed by atoms with Gasteiger partial charge in [0.05, 0.1) is 0 Å². The number of rotatable bonds is 4. The van der Waals surface area contributed by atoms with Crippen LogP contribution in [-0.2, 0) is 0 Å². The number of nitrogens with two attached hydrogens (primary N) is 1. The van der Waals surface area contributed by atoms with Crippen LogP contribution in [0.1, 0.15) is 37.1 Å². The van der Waals surface area contributed by atoms with Gasteiger partial charge < -0.3 is 10.5 Å². The molecule has 2 aromatic carbocycles. The first-order chi connectivity index (χ1) is 9.09. The lowest BCUT2D eigenvalue weighted by molar-refractivity contribution is 0.213. The van der Waals surface area contributed by atoms with Gasteiger partial charge in [-0.15, -0.1) is 0 Å². The molecule has 0 amide bonds. The number of hydrogen-bond donors (Lipinski definition) is 1. The van der Waals surface area contributed by atoms with Crippen LogP contribution < -0.4 is 10.5 Å². The molecule has 0 saturated carbocycles. The summed E-state index contributed by atoms with van der Waals surface area (Å²) in [5, 5.41) is 0. The SMILES string of the molecule is CC(N)c1cccc(F)c1OC(C)c1ccccc1. The molecule has 0 saturated heterocycles. The molecule has 0 spiro atoms.